The minimum absolute atomic E-state index is 0.0645. The SMILES string of the molecule is N#Cc1cc(C(=O)CBr)c(I)c([N+](=O)[O-])c1. The van der Waals surface area contributed by atoms with E-state index >= 15 is 0 Å². The van der Waals surface area contributed by atoms with Crippen LogP contribution in [0.5, 0.6) is 0 Å². The van der Waals surface area contributed by atoms with Crippen molar-refractivity contribution in [3.8, 4) is 6.07 Å². The zero-order valence-electron chi connectivity index (χ0n) is 7.74. The van der Waals surface area contributed by atoms with E-state index in [0.717, 1.165) is 6.07 Å². The Balaban J connectivity index is 3.50. The number of nitro benzene ring substituents is 1. The van der Waals surface area contributed by atoms with E-state index in [4.69, 9.17) is 5.26 Å². The van der Waals surface area contributed by atoms with E-state index in [1.165, 1.54) is 6.07 Å². The van der Waals surface area contributed by atoms with Gasteiger partial charge in [-0.2, -0.15) is 5.26 Å². The van der Waals surface area contributed by atoms with E-state index in [-0.39, 0.29) is 31.5 Å². The molecule has 0 amide bonds. The van der Waals surface area contributed by atoms with Crippen LogP contribution in [0.15, 0.2) is 12.1 Å². The van der Waals surface area contributed by atoms with E-state index < -0.39 is 4.92 Å². The van der Waals surface area contributed by atoms with E-state index in [1.54, 1.807) is 28.7 Å². The Morgan fingerprint density at radius 3 is 2.69 bits per heavy atom. The normalized spacial score (nSPS) is 9.56. The van der Waals surface area contributed by atoms with Crippen molar-refractivity contribution in [3.63, 3.8) is 0 Å². The molecule has 0 bridgehead atoms. The third-order valence-electron chi connectivity index (χ3n) is 1.80. The average Bonchev–Trinajstić information content (AvgIpc) is 2.28. The lowest BCUT2D eigenvalue weighted by molar-refractivity contribution is -0.385. The van der Waals surface area contributed by atoms with Crippen LogP contribution in [0.3, 0.4) is 0 Å². The zero-order valence-corrected chi connectivity index (χ0v) is 11.5. The maximum atomic E-state index is 11.5. The molecule has 7 heteroatoms. The number of alkyl halides is 1. The van der Waals surface area contributed by atoms with Crippen LogP contribution in [-0.2, 0) is 0 Å². The predicted molar refractivity (Wildman–Crippen MR) is 68.7 cm³/mol. The number of rotatable bonds is 3. The van der Waals surface area contributed by atoms with Crippen LogP contribution >= 0.6 is 38.5 Å². The molecule has 0 aliphatic rings. The van der Waals surface area contributed by atoms with Crippen LogP contribution in [0.1, 0.15) is 15.9 Å². The third kappa shape index (κ3) is 2.56. The highest BCUT2D eigenvalue weighted by atomic mass is 127. The first-order valence-electron chi connectivity index (χ1n) is 3.98. The van der Waals surface area contributed by atoms with Gasteiger partial charge < -0.3 is 0 Å². The molecular weight excluding hydrogens is 391 g/mol. The van der Waals surface area contributed by atoms with Crippen LogP contribution < -0.4 is 0 Å². The molecule has 0 unspecified atom stereocenters. The highest BCUT2D eigenvalue weighted by Gasteiger charge is 2.20. The topological polar surface area (TPSA) is 84.0 Å². The van der Waals surface area contributed by atoms with Gasteiger partial charge in [0.15, 0.2) is 5.78 Å². The maximum Gasteiger partial charge on any atom is 0.284 e. The van der Waals surface area contributed by atoms with E-state index in [9.17, 15) is 14.9 Å². The number of benzene rings is 1. The minimum atomic E-state index is -0.604. The molecular formula is C9H4BrIN2O3. The molecule has 0 saturated carbocycles. The number of ketones is 1. The fraction of sp³-hybridized carbons (Fsp3) is 0.111. The number of nitrogens with zero attached hydrogens (tertiary/aromatic N) is 2. The standard InChI is InChI=1S/C9H4BrIN2O3/c10-3-8(14)6-1-5(4-12)2-7(9(6)11)13(15)16/h1-2H,3H2. The van der Waals surface area contributed by atoms with Crippen LogP contribution in [0.25, 0.3) is 0 Å². The van der Waals surface area contributed by atoms with Gasteiger partial charge in [-0.1, -0.05) is 15.9 Å². The first kappa shape index (κ1) is 13.1. The third-order valence-corrected chi connectivity index (χ3v) is 3.44. The fourth-order valence-corrected chi connectivity index (χ4v) is 2.19. The predicted octanol–water partition coefficient (Wildman–Crippen LogP) is 2.65. The highest BCUT2D eigenvalue weighted by molar-refractivity contribution is 14.1. The van der Waals surface area contributed by atoms with Crippen LogP contribution in [0.2, 0.25) is 0 Å². The number of hydrogen-bond acceptors (Lipinski definition) is 4. The van der Waals surface area contributed by atoms with Crippen LogP contribution in [0.4, 0.5) is 5.69 Å². The Hall–Kier alpha value is -1.01. The average molecular weight is 395 g/mol. The molecule has 0 fully saturated rings. The molecule has 0 atom stereocenters. The lowest BCUT2D eigenvalue weighted by atomic mass is 10.1. The molecule has 1 aromatic carbocycles. The van der Waals surface area contributed by atoms with Crippen molar-refractivity contribution >= 4 is 50.0 Å². The molecule has 0 aliphatic carbocycles. The number of nitro groups is 1. The Morgan fingerprint density at radius 1 is 1.62 bits per heavy atom. The molecule has 0 N–H and O–H groups in total. The first-order chi connectivity index (χ1) is 7.51. The van der Waals surface area contributed by atoms with E-state index in [0.29, 0.717) is 0 Å². The molecule has 0 aromatic heterocycles. The van der Waals surface area contributed by atoms with Crippen molar-refractivity contribution in [2.75, 3.05) is 5.33 Å². The van der Waals surface area contributed by atoms with Crippen LogP contribution in [-0.4, -0.2) is 16.0 Å². The number of carbonyl (C=O) groups excluding carboxylic acids is 1. The summed E-state index contributed by atoms with van der Waals surface area (Å²) in [6.45, 7) is 0. The van der Waals surface area contributed by atoms with Gasteiger partial charge in [0.25, 0.3) is 5.69 Å². The van der Waals surface area contributed by atoms with Crippen molar-refractivity contribution < 1.29 is 9.72 Å². The van der Waals surface area contributed by atoms with Gasteiger partial charge in [-0.25, -0.2) is 0 Å². The van der Waals surface area contributed by atoms with Crippen molar-refractivity contribution in [2.24, 2.45) is 0 Å². The second-order valence-electron chi connectivity index (χ2n) is 2.78. The molecule has 0 radical (unpaired) electrons. The monoisotopic (exact) mass is 394 g/mol. The summed E-state index contributed by atoms with van der Waals surface area (Å²) in [5.74, 6) is -0.287. The number of hydrogen-bond donors (Lipinski definition) is 0. The molecule has 0 aliphatic heterocycles. The zero-order chi connectivity index (χ0) is 12.3. The molecule has 5 nitrogen and oxygen atoms in total. The summed E-state index contributed by atoms with van der Waals surface area (Å²) in [5, 5.41) is 19.5. The van der Waals surface area contributed by atoms with Gasteiger partial charge in [0.2, 0.25) is 0 Å². The number of Topliss-reactive ketones (excluding diaryl/α,β-unsaturated/α-hetero) is 1. The van der Waals surface area contributed by atoms with E-state index in [1.807, 2.05) is 0 Å². The summed E-state index contributed by atoms with van der Waals surface area (Å²) in [7, 11) is 0. The van der Waals surface area contributed by atoms with Gasteiger partial charge in [-0.05, 0) is 28.7 Å². The van der Waals surface area contributed by atoms with Crippen molar-refractivity contribution in [2.45, 2.75) is 0 Å². The van der Waals surface area contributed by atoms with Crippen molar-refractivity contribution in [3.05, 3.63) is 36.9 Å². The Bertz CT molecular complexity index is 510. The Morgan fingerprint density at radius 2 is 2.25 bits per heavy atom. The van der Waals surface area contributed by atoms with Gasteiger partial charge in [0, 0.05) is 11.6 Å². The number of halogens is 2. The number of carbonyl (C=O) groups is 1. The van der Waals surface area contributed by atoms with E-state index in [2.05, 4.69) is 15.9 Å². The smallest absolute Gasteiger partial charge is 0.284 e. The van der Waals surface area contributed by atoms with Gasteiger partial charge in [-0.3, -0.25) is 14.9 Å². The Kier molecular flexibility index (Phi) is 4.37. The maximum absolute atomic E-state index is 11.5. The lowest BCUT2D eigenvalue weighted by Crippen LogP contribution is -2.06. The molecule has 16 heavy (non-hydrogen) atoms. The second kappa shape index (κ2) is 5.36. The minimum Gasteiger partial charge on any atom is -0.293 e. The molecule has 1 rings (SSSR count). The summed E-state index contributed by atoms with van der Waals surface area (Å²) in [6.07, 6.45) is 0. The summed E-state index contributed by atoms with van der Waals surface area (Å²) in [4.78, 5) is 21.6. The summed E-state index contributed by atoms with van der Waals surface area (Å²) < 4.78 is 0.256. The summed E-state index contributed by atoms with van der Waals surface area (Å²) in [6, 6.07) is 4.31. The van der Waals surface area contributed by atoms with Gasteiger partial charge in [0.1, 0.15) is 3.57 Å². The fourth-order valence-electron chi connectivity index (χ4n) is 1.08. The first-order valence-corrected chi connectivity index (χ1v) is 6.18. The lowest BCUT2D eigenvalue weighted by Gasteiger charge is -2.03. The Labute approximate surface area is 113 Å². The molecule has 0 heterocycles. The second-order valence-corrected chi connectivity index (χ2v) is 4.42. The van der Waals surface area contributed by atoms with Crippen LogP contribution in [0, 0.1) is 25.0 Å². The molecule has 1 aromatic rings. The highest BCUT2D eigenvalue weighted by Crippen LogP contribution is 2.26. The van der Waals surface area contributed by atoms with Gasteiger partial charge in [0.05, 0.1) is 21.9 Å². The van der Waals surface area contributed by atoms with Gasteiger partial charge in [-0.15, -0.1) is 0 Å². The molecule has 0 spiro atoms. The molecule has 82 valence electrons. The number of nitriles is 1. The van der Waals surface area contributed by atoms with Crippen molar-refractivity contribution in [1.82, 2.24) is 0 Å². The summed E-state index contributed by atoms with van der Waals surface area (Å²) >= 11 is 4.72. The molecule has 0 saturated heterocycles. The largest absolute Gasteiger partial charge is 0.293 e. The van der Waals surface area contributed by atoms with Crippen molar-refractivity contribution in [1.29, 1.82) is 5.26 Å². The van der Waals surface area contributed by atoms with Gasteiger partial charge >= 0.3 is 0 Å². The summed E-state index contributed by atoms with van der Waals surface area (Å²) in [5.41, 5.74) is 0.0867. The quantitative estimate of drug-likeness (QED) is 0.259.